The predicted octanol–water partition coefficient (Wildman–Crippen LogP) is 6.47. The number of unbranched alkanes of at least 4 members (excludes halogenated alkanes) is 12. The van der Waals surface area contributed by atoms with Crippen LogP contribution in [0.4, 0.5) is 0 Å². The summed E-state index contributed by atoms with van der Waals surface area (Å²) in [6.07, 6.45) is 19.3. The average molecular weight is 396 g/mol. The normalized spacial score (nSPS) is 14.2. The number of hydrogen-bond donors (Lipinski definition) is 1. The first kappa shape index (κ1) is 26.7. The van der Waals surface area contributed by atoms with Gasteiger partial charge in [-0.15, -0.1) is 0 Å². The molecule has 0 rings (SSSR count). The fraction of sp³-hybridized carbons (Fsp3) is 0.833. The Hall–Kier alpha value is -1.32. The molecule has 0 fully saturated rings. The van der Waals surface area contributed by atoms with E-state index in [0.29, 0.717) is 6.42 Å². The van der Waals surface area contributed by atoms with Gasteiger partial charge in [-0.2, -0.15) is 0 Å². The van der Waals surface area contributed by atoms with Gasteiger partial charge in [-0.1, -0.05) is 111 Å². The van der Waals surface area contributed by atoms with Crippen molar-refractivity contribution in [3.05, 3.63) is 12.7 Å². The number of amides is 1. The van der Waals surface area contributed by atoms with Crippen LogP contribution in [-0.2, 0) is 14.3 Å². The first-order chi connectivity index (χ1) is 13.4. The van der Waals surface area contributed by atoms with Gasteiger partial charge in [0.25, 0.3) is 5.91 Å². The van der Waals surface area contributed by atoms with Crippen molar-refractivity contribution in [3.8, 4) is 0 Å². The molecule has 1 amide bonds. The maximum Gasteiger partial charge on any atom is 0.331 e. The second-order valence-electron chi connectivity index (χ2n) is 8.16. The quantitative estimate of drug-likeness (QED) is 0.155. The van der Waals surface area contributed by atoms with Crippen molar-refractivity contribution in [2.75, 3.05) is 0 Å². The molecule has 0 saturated carbocycles. The zero-order valence-corrected chi connectivity index (χ0v) is 18.8. The van der Waals surface area contributed by atoms with E-state index in [2.05, 4.69) is 13.5 Å². The van der Waals surface area contributed by atoms with Crippen molar-refractivity contribution in [1.82, 2.24) is 0 Å². The molecule has 0 aliphatic carbocycles. The van der Waals surface area contributed by atoms with Gasteiger partial charge in [0.05, 0.1) is 0 Å². The first-order valence-electron chi connectivity index (χ1n) is 11.6. The van der Waals surface area contributed by atoms with E-state index in [0.717, 1.165) is 25.3 Å². The Morgan fingerprint density at radius 1 is 0.893 bits per heavy atom. The van der Waals surface area contributed by atoms with Crippen LogP contribution in [-0.4, -0.2) is 17.5 Å². The van der Waals surface area contributed by atoms with Crippen molar-refractivity contribution in [2.45, 2.75) is 123 Å². The molecule has 0 bridgehead atoms. The molecule has 0 radical (unpaired) electrons. The third kappa shape index (κ3) is 10.9. The third-order valence-corrected chi connectivity index (χ3v) is 5.93. The maximum absolute atomic E-state index is 12.0. The van der Waals surface area contributed by atoms with Gasteiger partial charge in [-0.25, -0.2) is 4.79 Å². The van der Waals surface area contributed by atoms with E-state index in [9.17, 15) is 9.59 Å². The van der Waals surface area contributed by atoms with Gasteiger partial charge in [0, 0.05) is 12.0 Å². The lowest BCUT2D eigenvalue weighted by Crippen LogP contribution is -2.52. The summed E-state index contributed by atoms with van der Waals surface area (Å²) in [5.74, 6) is -1.24. The van der Waals surface area contributed by atoms with Crippen LogP contribution >= 0.6 is 0 Å². The lowest BCUT2D eigenvalue weighted by atomic mass is 9.82. The van der Waals surface area contributed by atoms with Gasteiger partial charge in [0.1, 0.15) is 0 Å². The van der Waals surface area contributed by atoms with Crippen molar-refractivity contribution in [2.24, 2.45) is 11.7 Å². The summed E-state index contributed by atoms with van der Waals surface area (Å²) in [7, 11) is 0. The molecule has 4 nitrogen and oxygen atoms in total. The fourth-order valence-corrected chi connectivity index (χ4v) is 3.91. The topological polar surface area (TPSA) is 69.4 Å². The minimum Gasteiger partial charge on any atom is -0.446 e. The monoisotopic (exact) mass is 395 g/mol. The number of hydrogen-bond acceptors (Lipinski definition) is 3. The summed E-state index contributed by atoms with van der Waals surface area (Å²) in [5.41, 5.74) is 4.36. The summed E-state index contributed by atoms with van der Waals surface area (Å²) in [4.78, 5) is 23.6. The van der Waals surface area contributed by atoms with E-state index in [1.165, 1.54) is 70.6 Å². The molecule has 2 atom stereocenters. The zero-order valence-electron chi connectivity index (χ0n) is 18.8. The molecule has 0 saturated heterocycles. The molecule has 0 aromatic heterocycles. The van der Waals surface area contributed by atoms with Gasteiger partial charge in [-0.05, 0) is 12.8 Å². The summed E-state index contributed by atoms with van der Waals surface area (Å²) >= 11 is 0. The van der Waals surface area contributed by atoms with Crippen LogP contribution in [0.1, 0.15) is 117 Å². The number of ether oxygens (including phenoxy) is 1. The zero-order chi connectivity index (χ0) is 21.3. The van der Waals surface area contributed by atoms with E-state index < -0.39 is 17.5 Å². The molecule has 0 spiro atoms. The SMILES string of the molecule is C=CC(=O)OC(CC)(C(N)=O)C(C)CCCCCCCCCCCCCCC. The second kappa shape index (κ2) is 16.6. The summed E-state index contributed by atoms with van der Waals surface area (Å²) in [5, 5.41) is 0. The molecule has 2 N–H and O–H groups in total. The largest absolute Gasteiger partial charge is 0.446 e. The number of carbonyl (C=O) groups excluding carboxylic acids is 2. The Kier molecular flexibility index (Phi) is 15.8. The van der Waals surface area contributed by atoms with Gasteiger partial charge in [-0.3, -0.25) is 4.79 Å². The highest BCUT2D eigenvalue weighted by Gasteiger charge is 2.43. The Morgan fingerprint density at radius 3 is 1.68 bits per heavy atom. The maximum atomic E-state index is 12.0. The fourth-order valence-electron chi connectivity index (χ4n) is 3.91. The number of nitrogens with two attached hydrogens (primary N) is 1. The van der Waals surface area contributed by atoms with Crippen LogP contribution in [0.25, 0.3) is 0 Å². The molecule has 0 heterocycles. The molecule has 4 heteroatoms. The predicted molar refractivity (Wildman–Crippen MR) is 118 cm³/mol. The van der Waals surface area contributed by atoms with E-state index >= 15 is 0 Å². The van der Waals surface area contributed by atoms with Crippen molar-refractivity contribution >= 4 is 11.9 Å². The van der Waals surface area contributed by atoms with Crippen LogP contribution in [0, 0.1) is 5.92 Å². The smallest absolute Gasteiger partial charge is 0.331 e. The summed E-state index contributed by atoms with van der Waals surface area (Å²) < 4.78 is 5.39. The third-order valence-electron chi connectivity index (χ3n) is 5.93. The molecule has 28 heavy (non-hydrogen) atoms. The molecule has 2 unspecified atom stereocenters. The molecule has 0 aromatic carbocycles. The Morgan fingerprint density at radius 2 is 1.32 bits per heavy atom. The highest BCUT2D eigenvalue weighted by atomic mass is 16.6. The number of carbonyl (C=O) groups is 2. The van der Waals surface area contributed by atoms with Crippen LogP contribution in [0.5, 0.6) is 0 Å². The molecule has 164 valence electrons. The van der Waals surface area contributed by atoms with Crippen LogP contribution < -0.4 is 5.73 Å². The van der Waals surface area contributed by atoms with Crippen LogP contribution in [0.15, 0.2) is 12.7 Å². The highest BCUT2D eigenvalue weighted by molar-refractivity contribution is 5.89. The van der Waals surface area contributed by atoms with E-state index in [1.54, 1.807) is 0 Å². The lowest BCUT2D eigenvalue weighted by molar-refractivity contribution is -0.169. The molecule has 0 aromatic rings. The standard InChI is InChI=1S/C24H45NO3/c1-5-8-9-10-11-12-13-14-15-16-17-18-19-20-21(4)24(7-3,23(25)27)28-22(26)6-2/h6,21H,2,5,7-20H2,1,3-4H3,(H2,25,27). The van der Waals surface area contributed by atoms with E-state index in [1.807, 2.05) is 13.8 Å². The molecule has 0 aliphatic heterocycles. The van der Waals surface area contributed by atoms with Crippen LogP contribution in [0.2, 0.25) is 0 Å². The van der Waals surface area contributed by atoms with Gasteiger partial charge in [0.2, 0.25) is 0 Å². The molecular formula is C24H45NO3. The van der Waals surface area contributed by atoms with Gasteiger partial charge in [0.15, 0.2) is 5.60 Å². The first-order valence-corrected chi connectivity index (χ1v) is 11.6. The molecular weight excluding hydrogens is 350 g/mol. The number of primary amides is 1. The van der Waals surface area contributed by atoms with Crippen molar-refractivity contribution in [3.63, 3.8) is 0 Å². The number of esters is 1. The van der Waals surface area contributed by atoms with Crippen molar-refractivity contribution < 1.29 is 14.3 Å². The second-order valence-corrected chi connectivity index (χ2v) is 8.16. The summed E-state index contributed by atoms with van der Waals surface area (Å²) in [6.45, 7) is 9.45. The average Bonchev–Trinajstić information content (AvgIpc) is 2.68. The lowest BCUT2D eigenvalue weighted by Gasteiger charge is -2.34. The molecule has 0 aliphatic rings. The minimum absolute atomic E-state index is 0.0911. The summed E-state index contributed by atoms with van der Waals surface area (Å²) in [6, 6.07) is 0. The Balaban J connectivity index is 3.89. The Bertz CT molecular complexity index is 436. The Labute approximate surface area is 173 Å². The number of rotatable bonds is 19. The highest BCUT2D eigenvalue weighted by Crippen LogP contribution is 2.30. The van der Waals surface area contributed by atoms with Crippen molar-refractivity contribution in [1.29, 1.82) is 0 Å². The van der Waals surface area contributed by atoms with E-state index in [4.69, 9.17) is 10.5 Å². The van der Waals surface area contributed by atoms with Crippen LogP contribution in [0.3, 0.4) is 0 Å². The van der Waals surface area contributed by atoms with E-state index in [-0.39, 0.29) is 5.92 Å². The van der Waals surface area contributed by atoms with Gasteiger partial charge < -0.3 is 10.5 Å². The van der Waals surface area contributed by atoms with Gasteiger partial charge >= 0.3 is 5.97 Å². The minimum atomic E-state index is -1.22.